The Labute approximate surface area is 269 Å². The summed E-state index contributed by atoms with van der Waals surface area (Å²) in [6, 6.07) is 20.4. The standard InChI is InChI=1S/C39H52O4S/c1-24(2)30-19-17-26(5)21-33(30)42-38(40)36-32(28-13-9-7-10-14-28)23-35(29-15-11-8-12-16-29)44-37(36)39(41)43-34-22-27(6)18-20-31(34)25(3)4/h7-16,23-27,30-34,36-37H,17-22H2,1-6H3/t26-,27-,30+,31+,32+,33-,34-,36-,37-/m1/s1. The third-order valence-electron chi connectivity index (χ3n) is 10.5. The van der Waals surface area contributed by atoms with Crippen LogP contribution in [0.3, 0.4) is 0 Å². The number of hydrogen-bond acceptors (Lipinski definition) is 5. The highest BCUT2D eigenvalue weighted by Gasteiger charge is 2.48. The van der Waals surface area contributed by atoms with E-state index in [1.807, 2.05) is 36.4 Å². The van der Waals surface area contributed by atoms with Crippen molar-refractivity contribution in [3.63, 3.8) is 0 Å². The molecule has 2 aliphatic carbocycles. The van der Waals surface area contributed by atoms with Gasteiger partial charge in [-0.1, -0.05) is 121 Å². The van der Waals surface area contributed by atoms with Gasteiger partial charge in [-0.15, -0.1) is 11.8 Å². The summed E-state index contributed by atoms with van der Waals surface area (Å²) in [5, 5.41) is -0.698. The van der Waals surface area contributed by atoms with Crippen LogP contribution in [-0.4, -0.2) is 29.4 Å². The van der Waals surface area contributed by atoms with E-state index < -0.39 is 11.2 Å². The lowest BCUT2D eigenvalue weighted by molar-refractivity contribution is -0.167. The molecule has 0 N–H and O–H groups in total. The second-order valence-corrected chi connectivity index (χ2v) is 15.7. The highest BCUT2D eigenvalue weighted by molar-refractivity contribution is 8.09. The summed E-state index contributed by atoms with van der Waals surface area (Å²) >= 11 is 1.48. The third-order valence-corrected chi connectivity index (χ3v) is 11.9. The predicted molar refractivity (Wildman–Crippen MR) is 181 cm³/mol. The fraction of sp³-hybridized carbons (Fsp3) is 0.590. The van der Waals surface area contributed by atoms with Crippen molar-refractivity contribution in [1.82, 2.24) is 0 Å². The topological polar surface area (TPSA) is 52.6 Å². The first kappa shape index (κ1) is 32.9. The fourth-order valence-corrected chi connectivity index (χ4v) is 9.21. The average molecular weight is 617 g/mol. The summed E-state index contributed by atoms with van der Waals surface area (Å²) in [5.74, 6) is 1.03. The molecule has 0 aromatic heterocycles. The number of carbonyl (C=O) groups excluding carboxylic acids is 2. The van der Waals surface area contributed by atoms with Gasteiger partial charge in [0.1, 0.15) is 17.5 Å². The lowest BCUT2D eigenvalue weighted by Crippen LogP contribution is -2.45. The second kappa shape index (κ2) is 14.7. The van der Waals surface area contributed by atoms with Gasteiger partial charge in [-0.2, -0.15) is 0 Å². The van der Waals surface area contributed by atoms with E-state index in [0.29, 0.717) is 35.5 Å². The van der Waals surface area contributed by atoms with Crippen LogP contribution >= 0.6 is 11.8 Å². The van der Waals surface area contributed by atoms with Crippen molar-refractivity contribution < 1.29 is 19.1 Å². The minimum absolute atomic E-state index is 0.130. The van der Waals surface area contributed by atoms with Crippen molar-refractivity contribution >= 4 is 28.6 Å². The molecule has 0 radical (unpaired) electrons. The largest absolute Gasteiger partial charge is 0.462 e. The Hall–Kier alpha value is -2.53. The Bertz CT molecular complexity index is 1270. The first-order chi connectivity index (χ1) is 21.1. The van der Waals surface area contributed by atoms with Crippen LogP contribution in [0.25, 0.3) is 4.91 Å². The molecule has 1 heterocycles. The van der Waals surface area contributed by atoms with Crippen LogP contribution < -0.4 is 0 Å². The number of carbonyl (C=O) groups is 2. The van der Waals surface area contributed by atoms with Crippen molar-refractivity contribution in [1.29, 1.82) is 0 Å². The van der Waals surface area contributed by atoms with Crippen LogP contribution in [0.5, 0.6) is 0 Å². The maximum Gasteiger partial charge on any atom is 0.320 e. The Morgan fingerprint density at radius 2 is 1.20 bits per heavy atom. The quantitative estimate of drug-likeness (QED) is 0.277. The summed E-state index contributed by atoms with van der Waals surface area (Å²) in [6.07, 6.45) is 8.14. The lowest BCUT2D eigenvalue weighted by atomic mass is 9.75. The Morgan fingerprint density at radius 1 is 0.705 bits per heavy atom. The van der Waals surface area contributed by atoms with Gasteiger partial charge in [0.05, 0.1) is 5.92 Å². The molecule has 0 spiro atoms. The number of esters is 2. The van der Waals surface area contributed by atoms with E-state index in [4.69, 9.17) is 9.47 Å². The van der Waals surface area contributed by atoms with Crippen LogP contribution in [0.15, 0.2) is 66.7 Å². The summed E-state index contributed by atoms with van der Waals surface area (Å²) < 4.78 is 13.0. The van der Waals surface area contributed by atoms with Crippen LogP contribution in [0.4, 0.5) is 0 Å². The Kier molecular flexibility index (Phi) is 11.0. The Balaban J connectivity index is 1.53. The average Bonchev–Trinajstić information content (AvgIpc) is 3.01. The summed E-state index contributed by atoms with van der Waals surface area (Å²) in [5.41, 5.74) is 2.07. The summed E-state index contributed by atoms with van der Waals surface area (Å²) in [7, 11) is 0. The number of thioether (sulfide) groups is 1. The summed E-state index contributed by atoms with van der Waals surface area (Å²) in [4.78, 5) is 30.0. The first-order valence-corrected chi connectivity index (χ1v) is 17.9. The zero-order valence-corrected chi connectivity index (χ0v) is 28.3. The van der Waals surface area contributed by atoms with Gasteiger partial charge < -0.3 is 9.47 Å². The van der Waals surface area contributed by atoms with Gasteiger partial charge in [0.2, 0.25) is 0 Å². The Morgan fingerprint density at radius 3 is 1.73 bits per heavy atom. The van der Waals surface area contributed by atoms with Gasteiger partial charge in [-0.3, -0.25) is 9.59 Å². The molecule has 2 aromatic carbocycles. The molecule has 0 unspecified atom stereocenters. The molecule has 9 atom stereocenters. The first-order valence-electron chi connectivity index (χ1n) is 17.0. The van der Waals surface area contributed by atoms with Gasteiger partial charge in [0.15, 0.2) is 0 Å². The SMILES string of the molecule is CC(C)[C@@H]1CC[C@@H](C)C[C@H]1OC(=O)[C@H]1[C@H](C(=O)O[C@@H]2C[C@H](C)CC[C@H]2C(C)C)SC(c2ccccc2)=C[C@H]1c1ccccc1. The molecule has 1 aliphatic heterocycles. The molecule has 238 valence electrons. The molecular weight excluding hydrogens is 564 g/mol. The molecule has 2 aromatic rings. The van der Waals surface area contributed by atoms with Gasteiger partial charge in [-0.25, -0.2) is 0 Å². The van der Waals surface area contributed by atoms with E-state index in [0.717, 1.165) is 54.6 Å². The highest BCUT2D eigenvalue weighted by Crippen LogP contribution is 2.49. The molecule has 2 fully saturated rings. The number of benzene rings is 2. The van der Waals surface area contributed by atoms with E-state index in [1.165, 1.54) is 11.8 Å². The fourth-order valence-electron chi connectivity index (χ4n) is 7.86. The van der Waals surface area contributed by atoms with Crippen molar-refractivity contribution in [2.75, 3.05) is 0 Å². The van der Waals surface area contributed by atoms with Crippen molar-refractivity contribution in [2.24, 2.45) is 41.4 Å². The van der Waals surface area contributed by atoms with Crippen molar-refractivity contribution in [3.8, 4) is 0 Å². The third kappa shape index (κ3) is 7.63. The van der Waals surface area contributed by atoms with Crippen LogP contribution in [0.1, 0.15) is 97.1 Å². The zero-order valence-electron chi connectivity index (χ0n) is 27.5. The number of ether oxygens (including phenoxy) is 2. The normalized spacial score (nSPS) is 32.6. The molecule has 44 heavy (non-hydrogen) atoms. The number of hydrogen-bond donors (Lipinski definition) is 0. The smallest absolute Gasteiger partial charge is 0.320 e. The van der Waals surface area contributed by atoms with Gasteiger partial charge in [0.25, 0.3) is 0 Å². The van der Waals surface area contributed by atoms with Crippen LogP contribution in [0, 0.1) is 41.4 Å². The van der Waals surface area contributed by atoms with E-state index in [-0.39, 0.29) is 30.1 Å². The highest BCUT2D eigenvalue weighted by atomic mass is 32.2. The number of allylic oxidation sites excluding steroid dienone is 1. The maximum absolute atomic E-state index is 14.5. The van der Waals surface area contributed by atoms with Gasteiger partial charge in [-0.05, 0) is 72.3 Å². The molecule has 4 nitrogen and oxygen atoms in total. The molecule has 3 aliphatic rings. The zero-order chi connectivity index (χ0) is 31.4. The van der Waals surface area contributed by atoms with E-state index in [9.17, 15) is 9.59 Å². The number of rotatable bonds is 8. The van der Waals surface area contributed by atoms with Gasteiger partial charge in [0, 0.05) is 10.8 Å². The van der Waals surface area contributed by atoms with E-state index in [1.54, 1.807) is 0 Å². The molecule has 0 amide bonds. The van der Waals surface area contributed by atoms with E-state index >= 15 is 0 Å². The molecule has 0 bridgehead atoms. The minimum atomic E-state index is -0.698. The molecule has 5 rings (SSSR count). The minimum Gasteiger partial charge on any atom is -0.462 e. The summed E-state index contributed by atoms with van der Waals surface area (Å²) in [6.45, 7) is 13.4. The van der Waals surface area contributed by atoms with Crippen molar-refractivity contribution in [3.05, 3.63) is 77.9 Å². The van der Waals surface area contributed by atoms with E-state index in [2.05, 4.69) is 71.9 Å². The van der Waals surface area contributed by atoms with Gasteiger partial charge >= 0.3 is 11.9 Å². The lowest BCUT2D eigenvalue weighted by Gasteiger charge is -2.41. The molecule has 0 saturated heterocycles. The maximum atomic E-state index is 14.5. The van der Waals surface area contributed by atoms with Crippen LogP contribution in [0.2, 0.25) is 0 Å². The van der Waals surface area contributed by atoms with Crippen LogP contribution in [-0.2, 0) is 19.1 Å². The second-order valence-electron chi connectivity index (χ2n) is 14.5. The molecule has 2 saturated carbocycles. The molecule has 5 heteroatoms. The predicted octanol–water partition coefficient (Wildman–Crippen LogP) is 9.55. The molecular formula is C39H52O4S. The monoisotopic (exact) mass is 616 g/mol. The van der Waals surface area contributed by atoms with Crippen molar-refractivity contribution in [2.45, 2.75) is 103 Å².